The van der Waals surface area contributed by atoms with Crippen molar-refractivity contribution in [3.63, 3.8) is 0 Å². The predicted molar refractivity (Wildman–Crippen MR) is 69.8 cm³/mol. The minimum atomic E-state index is 0.809. The largest absolute Gasteiger partial charge is 0.314 e. The first-order chi connectivity index (χ1) is 7.90. The van der Waals surface area contributed by atoms with E-state index >= 15 is 0 Å². The van der Waals surface area contributed by atoms with Crippen LogP contribution in [0.2, 0.25) is 0 Å². The van der Waals surface area contributed by atoms with E-state index in [-0.39, 0.29) is 0 Å². The van der Waals surface area contributed by atoms with Gasteiger partial charge in [0.15, 0.2) is 0 Å². The standard InChI is InChI=1S/C14H28N2/c1-2-16(14-8-3-4-9-14)12-10-13-7-5-6-11-15-13/h13-15H,2-12H2,1H3. The summed E-state index contributed by atoms with van der Waals surface area (Å²) in [5.74, 6) is 0. The van der Waals surface area contributed by atoms with Crippen LogP contribution in [-0.4, -0.2) is 36.6 Å². The highest BCUT2D eigenvalue weighted by Crippen LogP contribution is 2.23. The average molecular weight is 224 g/mol. The lowest BCUT2D eigenvalue weighted by molar-refractivity contribution is 0.193. The Hall–Kier alpha value is -0.0800. The van der Waals surface area contributed by atoms with Crippen molar-refractivity contribution in [2.75, 3.05) is 19.6 Å². The molecule has 94 valence electrons. The third-order valence-corrected chi connectivity index (χ3v) is 4.42. The van der Waals surface area contributed by atoms with Crippen LogP contribution < -0.4 is 5.32 Å². The van der Waals surface area contributed by atoms with E-state index in [2.05, 4.69) is 17.1 Å². The maximum absolute atomic E-state index is 3.66. The molecule has 0 aromatic rings. The third-order valence-electron chi connectivity index (χ3n) is 4.42. The van der Waals surface area contributed by atoms with E-state index in [0.29, 0.717) is 0 Å². The number of rotatable bonds is 5. The molecule has 16 heavy (non-hydrogen) atoms. The topological polar surface area (TPSA) is 15.3 Å². The van der Waals surface area contributed by atoms with Gasteiger partial charge in [0.05, 0.1) is 0 Å². The van der Waals surface area contributed by atoms with Gasteiger partial charge < -0.3 is 10.2 Å². The molecule has 1 saturated carbocycles. The zero-order valence-electron chi connectivity index (χ0n) is 10.9. The van der Waals surface area contributed by atoms with Crippen LogP contribution >= 0.6 is 0 Å². The minimum absolute atomic E-state index is 0.809. The molecule has 0 spiro atoms. The molecule has 2 heteroatoms. The molecule has 0 bridgehead atoms. The van der Waals surface area contributed by atoms with Crippen molar-refractivity contribution in [1.82, 2.24) is 10.2 Å². The highest BCUT2D eigenvalue weighted by atomic mass is 15.2. The van der Waals surface area contributed by atoms with E-state index in [1.54, 1.807) is 0 Å². The summed E-state index contributed by atoms with van der Waals surface area (Å²) in [5.41, 5.74) is 0. The highest BCUT2D eigenvalue weighted by molar-refractivity contribution is 4.79. The van der Waals surface area contributed by atoms with Crippen LogP contribution in [0.4, 0.5) is 0 Å². The summed E-state index contributed by atoms with van der Waals surface area (Å²) in [5, 5.41) is 3.66. The van der Waals surface area contributed by atoms with Gasteiger partial charge in [-0.25, -0.2) is 0 Å². The van der Waals surface area contributed by atoms with E-state index in [1.807, 2.05) is 0 Å². The minimum Gasteiger partial charge on any atom is -0.314 e. The van der Waals surface area contributed by atoms with E-state index in [1.165, 1.54) is 71.0 Å². The molecule has 1 unspecified atom stereocenters. The molecule has 1 N–H and O–H groups in total. The van der Waals surface area contributed by atoms with Crippen LogP contribution in [-0.2, 0) is 0 Å². The second-order valence-electron chi connectivity index (χ2n) is 5.50. The quantitative estimate of drug-likeness (QED) is 0.772. The first kappa shape index (κ1) is 12.4. The highest BCUT2D eigenvalue weighted by Gasteiger charge is 2.22. The van der Waals surface area contributed by atoms with Gasteiger partial charge in [0.25, 0.3) is 0 Å². The number of nitrogens with zero attached hydrogens (tertiary/aromatic N) is 1. The van der Waals surface area contributed by atoms with Gasteiger partial charge in [-0.05, 0) is 51.7 Å². The molecule has 0 amide bonds. The Bertz CT molecular complexity index is 181. The Labute approximate surface area is 101 Å². The second-order valence-corrected chi connectivity index (χ2v) is 5.50. The lowest BCUT2D eigenvalue weighted by Gasteiger charge is -2.30. The van der Waals surface area contributed by atoms with Crippen molar-refractivity contribution in [2.45, 2.75) is 70.4 Å². The molecule has 1 heterocycles. The zero-order valence-corrected chi connectivity index (χ0v) is 10.9. The van der Waals surface area contributed by atoms with Crippen molar-refractivity contribution in [1.29, 1.82) is 0 Å². The van der Waals surface area contributed by atoms with Gasteiger partial charge in [0.2, 0.25) is 0 Å². The average Bonchev–Trinajstić information content (AvgIpc) is 2.85. The third kappa shape index (κ3) is 3.46. The van der Waals surface area contributed by atoms with Gasteiger partial charge in [-0.1, -0.05) is 26.2 Å². The van der Waals surface area contributed by atoms with Crippen LogP contribution in [0.1, 0.15) is 58.3 Å². The molecule has 2 fully saturated rings. The molecule has 1 aliphatic carbocycles. The van der Waals surface area contributed by atoms with Crippen molar-refractivity contribution in [3.05, 3.63) is 0 Å². The Morgan fingerprint density at radius 3 is 2.44 bits per heavy atom. The Morgan fingerprint density at radius 2 is 1.81 bits per heavy atom. The molecule has 2 rings (SSSR count). The predicted octanol–water partition coefficient (Wildman–Crippen LogP) is 2.78. The maximum Gasteiger partial charge on any atom is 0.00951 e. The number of hydrogen-bond donors (Lipinski definition) is 1. The summed E-state index contributed by atoms with van der Waals surface area (Å²) in [6, 6.07) is 1.72. The van der Waals surface area contributed by atoms with E-state index < -0.39 is 0 Å². The monoisotopic (exact) mass is 224 g/mol. The number of nitrogens with one attached hydrogen (secondary N) is 1. The first-order valence-electron chi connectivity index (χ1n) is 7.37. The molecule has 1 aliphatic heterocycles. The Morgan fingerprint density at radius 1 is 1.06 bits per heavy atom. The molecule has 0 aromatic heterocycles. The van der Waals surface area contributed by atoms with Gasteiger partial charge in [0, 0.05) is 12.1 Å². The van der Waals surface area contributed by atoms with Crippen molar-refractivity contribution < 1.29 is 0 Å². The van der Waals surface area contributed by atoms with Crippen LogP contribution in [0.5, 0.6) is 0 Å². The van der Waals surface area contributed by atoms with Crippen molar-refractivity contribution >= 4 is 0 Å². The smallest absolute Gasteiger partial charge is 0.00951 e. The van der Waals surface area contributed by atoms with E-state index in [9.17, 15) is 0 Å². The maximum atomic E-state index is 3.66. The van der Waals surface area contributed by atoms with Crippen molar-refractivity contribution in [2.24, 2.45) is 0 Å². The molecule has 1 saturated heterocycles. The molecule has 0 aromatic carbocycles. The van der Waals surface area contributed by atoms with Gasteiger partial charge in [-0.3, -0.25) is 0 Å². The van der Waals surface area contributed by atoms with E-state index in [0.717, 1.165) is 12.1 Å². The molecular weight excluding hydrogens is 196 g/mol. The summed E-state index contributed by atoms with van der Waals surface area (Å²) in [4.78, 5) is 2.73. The zero-order chi connectivity index (χ0) is 11.2. The summed E-state index contributed by atoms with van der Waals surface area (Å²) >= 11 is 0. The second kappa shape index (κ2) is 6.61. The summed E-state index contributed by atoms with van der Waals surface area (Å²) in [6.45, 7) is 6.14. The Kier molecular flexibility index (Phi) is 5.11. The van der Waals surface area contributed by atoms with Gasteiger partial charge in [-0.15, -0.1) is 0 Å². The van der Waals surface area contributed by atoms with Gasteiger partial charge in [-0.2, -0.15) is 0 Å². The van der Waals surface area contributed by atoms with E-state index in [4.69, 9.17) is 0 Å². The van der Waals surface area contributed by atoms with Crippen LogP contribution in [0.15, 0.2) is 0 Å². The van der Waals surface area contributed by atoms with Crippen molar-refractivity contribution in [3.8, 4) is 0 Å². The lowest BCUT2D eigenvalue weighted by atomic mass is 10.0. The fraction of sp³-hybridized carbons (Fsp3) is 1.00. The summed E-state index contributed by atoms with van der Waals surface area (Å²) in [6.07, 6.45) is 11.4. The first-order valence-corrected chi connectivity index (χ1v) is 7.37. The van der Waals surface area contributed by atoms with Crippen LogP contribution in [0, 0.1) is 0 Å². The Balaban J connectivity index is 1.69. The molecule has 1 atom stereocenters. The molecule has 2 nitrogen and oxygen atoms in total. The van der Waals surface area contributed by atoms with Gasteiger partial charge >= 0.3 is 0 Å². The normalized spacial score (nSPS) is 27.8. The SMILES string of the molecule is CCN(CCC1CCCCN1)C1CCCC1. The molecule has 0 radical (unpaired) electrons. The van der Waals surface area contributed by atoms with Gasteiger partial charge in [0.1, 0.15) is 0 Å². The lowest BCUT2D eigenvalue weighted by Crippen LogP contribution is -2.40. The molecule has 2 aliphatic rings. The summed E-state index contributed by atoms with van der Waals surface area (Å²) < 4.78 is 0. The molecular formula is C14H28N2. The fourth-order valence-corrected chi connectivity index (χ4v) is 3.36. The number of piperidine rings is 1. The summed E-state index contributed by atoms with van der Waals surface area (Å²) in [7, 11) is 0. The van der Waals surface area contributed by atoms with Crippen LogP contribution in [0.25, 0.3) is 0 Å². The fourth-order valence-electron chi connectivity index (χ4n) is 3.36. The number of hydrogen-bond acceptors (Lipinski definition) is 2. The van der Waals surface area contributed by atoms with Crippen LogP contribution in [0.3, 0.4) is 0 Å².